The van der Waals surface area contributed by atoms with E-state index >= 15 is 0 Å². The third-order valence-corrected chi connectivity index (χ3v) is 3.67. The van der Waals surface area contributed by atoms with Crippen molar-refractivity contribution >= 4 is 0 Å². The van der Waals surface area contributed by atoms with Crippen LogP contribution in [-0.2, 0) is 6.42 Å². The molecular formula is C15H22F2N2. The van der Waals surface area contributed by atoms with E-state index in [1.807, 2.05) is 0 Å². The molecule has 1 aliphatic heterocycles. The molecule has 0 radical (unpaired) electrons. The van der Waals surface area contributed by atoms with Crippen molar-refractivity contribution in [3.05, 3.63) is 35.4 Å². The average Bonchev–Trinajstić information content (AvgIpc) is 2.34. The number of hydrogen-bond acceptors (Lipinski definition) is 2. The molecule has 4 heteroatoms. The minimum Gasteiger partial charge on any atom is -0.316 e. The molecule has 1 saturated heterocycles. The SMILES string of the molecule is CN1CCCC(CNCCc2cc(F)cc(F)c2)C1. The molecule has 0 bridgehead atoms. The fourth-order valence-corrected chi connectivity index (χ4v) is 2.73. The summed E-state index contributed by atoms with van der Waals surface area (Å²) >= 11 is 0. The van der Waals surface area contributed by atoms with Crippen molar-refractivity contribution in [1.82, 2.24) is 10.2 Å². The van der Waals surface area contributed by atoms with Gasteiger partial charge in [-0.1, -0.05) is 0 Å². The van der Waals surface area contributed by atoms with Gasteiger partial charge in [0.25, 0.3) is 0 Å². The number of benzene rings is 1. The van der Waals surface area contributed by atoms with E-state index in [0.29, 0.717) is 17.9 Å². The number of hydrogen-bond donors (Lipinski definition) is 1. The van der Waals surface area contributed by atoms with Crippen LogP contribution in [0.1, 0.15) is 18.4 Å². The molecule has 1 atom stereocenters. The minimum atomic E-state index is -0.496. The van der Waals surface area contributed by atoms with Gasteiger partial charge in [0, 0.05) is 12.6 Å². The van der Waals surface area contributed by atoms with Gasteiger partial charge < -0.3 is 10.2 Å². The molecule has 0 saturated carbocycles. The van der Waals surface area contributed by atoms with Crippen molar-refractivity contribution in [1.29, 1.82) is 0 Å². The van der Waals surface area contributed by atoms with Crippen molar-refractivity contribution < 1.29 is 8.78 Å². The molecule has 106 valence electrons. The van der Waals surface area contributed by atoms with Crippen LogP contribution in [0.2, 0.25) is 0 Å². The summed E-state index contributed by atoms with van der Waals surface area (Å²) in [5, 5.41) is 3.39. The number of piperidine rings is 1. The second-order valence-electron chi connectivity index (χ2n) is 5.50. The zero-order chi connectivity index (χ0) is 13.7. The van der Waals surface area contributed by atoms with Crippen LogP contribution in [0.3, 0.4) is 0 Å². The lowest BCUT2D eigenvalue weighted by molar-refractivity contribution is 0.206. The van der Waals surface area contributed by atoms with Gasteiger partial charge in [0.05, 0.1) is 0 Å². The van der Waals surface area contributed by atoms with Gasteiger partial charge >= 0.3 is 0 Å². The summed E-state index contributed by atoms with van der Waals surface area (Å²) in [7, 11) is 2.15. The highest BCUT2D eigenvalue weighted by atomic mass is 19.1. The molecule has 0 aromatic heterocycles. The quantitative estimate of drug-likeness (QED) is 0.825. The van der Waals surface area contributed by atoms with E-state index in [1.165, 1.54) is 31.5 Å². The lowest BCUT2D eigenvalue weighted by Crippen LogP contribution is -2.37. The number of rotatable bonds is 5. The maximum absolute atomic E-state index is 13.0. The summed E-state index contributed by atoms with van der Waals surface area (Å²) < 4.78 is 26.0. The largest absolute Gasteiger partial charge is 0.316 e. The molecule has 1 aromatic rings. The lowest BCUT2D eigenvalue weighted by atomic mass is 9.98. The normalized spacial score (nSPS) is 20.7. The van der Waals surface area contributed by atoms with Crippen LogP contribution in [-0.4, -0.2) is 38.1 Å². The zero-order valence-corrected chi connectivity index (χ0v) is 11.5. The first-order chi connectivity index (χ1) is 9.13. The number of nitrogens with one attached hydrogen (secondary N) is 1. The Kier molecular flexibility index (Phi) is 5.28. The van der Waals surface area contributed by atoms with Gasteiger partial charge in [0.15, 0.2) is 0 Å². The second kappa shape index (κ2) is 6.96. The summed E-state index contributed by atoms with van der Waals surface area (Å²) in [6.45, 7) is 4.09. The highest BCUT2D eigenvalue weighted by molar-refractivity contribution is 5.18. The summed E-state index contributed by atoms with van der Waals surface area (Å²) in [6.07, 6.45) is 3.20. The Bertz CT molecular complexity index is 389. The highest BCUT2D eigenvalue weighted by Gasteiger charge is 2.16. The first-order valence-electron chi connectivity index (χ1n) is 6.98. The van der Waals surface area contributed by atoms with E-state index < -0.39 is 11.6 Å². The molecule has 1 unspecified atom stereocenters. The van der Waals surface area contributed by atoms with Gasteiger partial charge in [-0.15, -0.1) is 0 Å². The molecule has 1 aromatic carbocycles. The molecule has 19 heavy (non-hydrogen) atoms. The molecule has 0 spiro atoms. The third kappa shape index (κ3) is 4.88. The van der Waals surface area contributed by atoms with Crippen molar-refractivity contribution in [2.75, 3.05) is 33.2 Å². The zero-order valence-electron chi connectivity index (χ0n) is 11.5. The van der Waals surface area contributed by atoms with Gasteiger partial charge in [-0.3, -0.25) is 0 Å². The van der Waals surface area contributed by atoms with Gasteiger partial charge in [-0.2, -0.15) is 0 Å². The van der Waals surface area contributed by atoms with Crippen molar-refractivity contribution in [3.8, 4) is 0 Å². The van der Waals surface area contributed by atoms with Gasteiger partial charge in [-0.05, 0) is 69.6 Å². The van der Waals surface area contributed by atoms with E-state index in [2.05, 4.69) is 17.3 Å². The molecular weight excluding hydrogens is 246 g/mol. The summed E-state index contributed by atoms with van der Waals surface area (Å²) in [4.78, 5) is 2.36. The Morgan fingerprint density at radius 1 is 1.26 bits per heavy atom. The van der Waals surface area contributed by atoms with E-state index in [1.54, 1.807) is 0 Å². The molecule has 0 aliphatic carbocycles. The maximum atomic E-state index is 13.0. The summed E-state index contributed by atoms with van der Waals surface area (Å²) in [5.41, 5.74) is 0.714. The number of halogens is 2. The Morgan fingerprint density at radius 2 is 2.00 bits per heavy atom. The molecule has 2 rings (SSSR count). The number of likely N-dealkylation sites (tertiary alicyclic amines) is 1. The van der Waals surface area contributed by atoms with Crippen LogP contribution in [0.15, 0.2) is 18.2 Å². The predicted octanol–water partition coefficient (Wildman–Crippen LogP) is 2.44. The molecule has 0 amide bonds. The third-order valence-electron chi connectivity index (χ3n) is 3.67. The Morgan fingerprint density at radius 3 is 2.68 bits per heavy atom. The fourth-order valence-electron chi connectivity index (χ4n) is 2.73. The second-order valence-corrected chi connectivity index (χ2v) is 5.50. The Balaban J connectivity index is 1.68. The average molecular weight is 268 g/mol. The van der Waals surface area contributed by atoms with E-state index in [4.69, 9.17) is 0 Å². The number of nitrogens with zero attached hydrogens (tertiary/aromatic N) is 1. The minimum absolute atomic E-state index is 0.496. The van der Waals surface area contributed by atoms with Crippen molar-refractivity contribution in [3.63, 3.8) is 0 Å². The standard InChI is InChI=1S/C15H22F2N2/c1-19-6-2-3-13(11-19)10-18-5-4-12-7-14(16)9-15(17)8-12/h7-9,13,18H,2-6,10-11H2,1H3. The summed E-state index contributed by atoms with van der Waals surface area (Å²) in [6, 6.07) is 3.72. The van der Waals surface area contributed by atoms with E-state index in [-0.39, 0.29) is 0 Å². The lowest BCUT2D eigenvalue weighted by Gasteiger charge is -2.29. The first-order valence-corrected chi connectivity index (χ1v) is 6.98. The Labute approximate surface area is 113 Å². The maximum Gasteiger partial charge on any atom is 0.126 e. The molecule has 1 heterocycles. The Hall–Kier alpha value is -1.00. The molecule has 2 nitrogen and oxygen atoms in total. The van der Waals surface area contributed by atoms with Crippen LogP contribution in [0.4, 0.5) is 8.78 Å². The summed E-state index contributed by atoms with van der Waals surface area (Å²) in [5.74, 6) is -0.296. The molecule has 1 aliphatic rings. The van der Waals surface area contributed by atoms with Crippen LogP contribution in [0, 0.1) is 17.6 Å². The van der Waals surface area contributed by atoms with E-state index in [9.17, 15) is 8.78 Å². The van der Waals surface area contributed by atoms with Gasteiger partial charge in [0.1, 0.15) is 11.6 Å². The topological polar surface area (TPSA) is 15.3 Å². The van der Waals surface area contributed by atoms with Gasteiger partial charge in [-0.25, -0.2) is 8.78 Å². The molecule has 1 fully saturated rings. The predicted molar refractivity (Wildman–Crippen MR) is 73.2 cm³/mol. The van der Waals surface area contributed by atoms with Crippen molar-refractivity contribution in [2.45, 2.75) is 19.3 Å². The van der Waals surface area contributed by atoms with Crippen molar-refractivity contribution in [2.24, 2.45) is 5.92 Å². The highest BCUT2D eigenvalue weighted by Crippen LogP contribution is 2.14. The van der Waals surface area contributed by atoms with Crippen LogP contribution in [0.5, 0.6) is 0 Å². The van der Waals surface area contributed by atoms with Crippen LogP contribution < -0.4 is 5.32 Å². The van der Waals surface area contributed by atoms with Crippen LogP contribution in [0.25, 0.3) is 0 Å². The van der Waals surface area contributed by atoms with Crippen LogP contribution >= 0.6 is 0 Å². The first kappa shape index (κ1) is 14.4. The monoisotopic (exact) mass is 268 g/mol. The fraction of sp³-hybridized carbons (Fsp3) is 0.600. The smallest absolute Gasteiger partial charge is 0.126 e. The molecule has 1 N–H and O–H groups in total. The van der Waals surface area contributed by atoms with Gasteiger partial charge in [0.2, 0.25) is 0 Å². The van der Waals surface area contributed by atoms with E-state index in [0.717, 1.165) is 25.7 Å².